The first-order chi connectivity index (χ1) is 12.4. The lowest BCUT2D eigenvalue weighted by molar-refractivity contribution is 0.804. The fraction of sp³-hybridized carbons (Fsp3) is 0.130. The van der Waals surface area contributed by atoms with Gasteiger partial charge in [0.25, 0.3) is 0 Å². The van der Waals surface area contributed by atoms with Crippen molar-refractivity contribution < 1.29 is 0 Å². The number of nitrogens with zero attached hydrogens (tertiary/aromatic N) is 2. The molecular formula is C23H22N2. The SMILES string of the molecule is C(=C\C1N(c2ccccc2)CCN1c1ccccc1)/c1ccccc1. The van der Waals surface area contributed by atoms with E-state index in [-0.39, 0.29) is 6.17 Å². The minimum atomic E-state index is 0.213. The summed E-state index contributed by atoms with van der Waals surface area (Å²) >= 11 is 0. The molecule has 0 spiro atoms. The number of anilines is 2. The Hall–Kier alpha value is -3.00. The van der Waals surface area contributed by atoms with Crippen molar-refractivity contribution >= 4 is 17.5 Å². The molecule has 3 aromatic rings. The fourth-order valence-electron chi connectivity index (χ4n) is 3.42. The zero-order chi connectivity index (χ0) is 16.9. The summed E-state index contributed by atoms with van der Waals surface area (Å²) in [7, 11) is 0. The summed E-state index contributed by atoms with van der Waals surface area (Å²) in [5, 5.41) is 0. The van der Waals surface area contributed by atoms with Gasteiger partial charge in [-0.3, -0.25) is 0 Å². The van der Waals surface area contributed by atoms with Gasteiger partial charge in [0.05, 0.1) is 0 Å². The molecule has 0 saturated carbocycles. The molecule has 0 aliphatic carbocycles. The van der Waals surface area contributed by atoms with Crippen LogP contribution < -0.4 is 9.80 Å². The van der Waals surface area contributed by atoms with Crippen molar-refractivity contribution in [3.05, 3.63) is 103 Å². The van der Waals surface area contributed by atoms with Gasteiger partial charge in [-0.15, -0.1) is 0 Å². The van der Waals surface area contributed by atoms with Gasteiger partial charge in [0, 0.05) is 24.5 Å². The van der Waals surface area contributed by atoms with E-state index in [9.17, 15) is 0 Å². The first-order valence-electron chi connectivity index (χ1n) is 8.78. The maximum absolute atomic E-state index is 2.46. The summed E-state index contributed by atoms with van der Waals surface area (Å²) in [5.74, 6) is 0. The molecule has 0 unspecified atom stereocenters. The normalized spacial score (nSPS) is 15.2. The van der Waals surface area contributed by atoms with E-state index in [0.29, 0.717) is 0 Å². The quantitative estimate of drug-likeness (QED) is 0.662. The van der Waals surface area contributed by atoms with Crippen LogP contribution in [0.1, 0.15) is 5.56 Å². The van der Waals surface area contributed by atoms with Crippen molar-refractivity contribution in [2.75, 3.05) is 22.9 Å². The molecule has 2 nitrogen and oxygen atoms in total. The monoisotopic (exact) mass is 326 g/mol. The van der Waals surface area contributed by atoms with Crippen LogP contribution >= 0.6 is 0 Å². The smallest absolute Gasteiger partial charge is 0.121 e. The van der Waals surface area contributed by atoms with Gasteiger partial charge in [-0.25, -0.2) is 0 Å². The van der Waals surface area contributed by atoms with E-state index in [4.69, 9.17) is 0 Å². The maximum Gasteiger partial charge on any atom is 0.121 e. The van der Waals surface area contributed by atoms with Crippen LogP contribution in [-0.2, 0) is 0 Å². The van der Waals surface area contributed by atoms with Crippen molar-refractivity contribution in [3.8, 4) is 0 Å². The second kappa shape index (κ2) is 7.27. The Bertz CT molecular complexity index is 765. The highest BCUT2D eigenvalue weighted by Crippen LogP contribution is 2.29. The first kappa shape index (κ1) is 15.5. The standard InChI is InChI=1S/C23H22N2/c1-4-10-20(11-5-1)16-17-23-24(21-12-6-2-7-13-21)18-19-25(23)22-14-8-3-9-15-22/h1-17,23H,18-19H2/b17-16+. The number of rotatable bonds is 4. The van der Waals surface area contributed by atoms with Crippen molar-refractivity contribution in [3.63, 3.8) is 0 Å². The van der Waals surface area contributed by atoms with Gasteiger partial charge >= 0.3 is 0 Å². The molecule has 4 rings (SSSR count). The topological polar surface area (TPSA) is 6.48 Å². The summed E-state index contributed by atoms with van der Waals surface area (Å²) < 4.78 is 0. The highest BCUT2D eigenvalue weighted by atomic mass is 15.4. The van der Waals surface area contributed by atoms with E-state index in [1.807, 2.05) is 0 Å². The molecule has 2 heteroatoms. The third-order valence-electron chi connectivity index (χ3n) is 4.66. The molecule has 0 amide bonds. The molecular weight excluding hydrogens is 304 g/mol. The van der Waals surface area contributed by atoms with Crippen molar-refractivity contribution in [2.45, 2.75) is 6.17 Å². The van der Waals surface area contributed by atoms with Crippen LogP contribution in [0.4, 0.5) is 11.4 Å². The van der Waals surface area contributed by atoms with Crippen molar-refractivity contribution in [1.82, 2.24) is 0 Å². The average Bonchev–Trinajstić information content (AvgIpc) is 3.12. The Morgan fingerprint density at radius 1 is 0.600 bits per heavy atom. The van der Waals surface area contributed by atoms with Gasteiger partial charge in [-0.05, 0) is 35.9 Å². The molecule has 0 atom stereocenters. The number of para-hydroxylation sites is 2. The Morgan fingerprint density at radius 3 is 1.52 bits per heavy atom. The van der Waals surface area contributed by atoms with Crippen LogP contribution in [-0.4, -0.2) is 19.3 Å². The lowest BCUT2D eigenvalue weighted by Crippen LogP contribution is -2.37. The molecule has 0 aromatic heterocycles. The molecule has 0 N–H and O–H groups in total. The van der Waals surface area contributed by atoms with Crippen LogP contribution in [0, 0.1) is 0 Å². The summed E-state index contributed by atoms with van der Waals surface area (Å²) in [6, 6.07) is 31.9. The Morgan fingerprint density at radius 2 is 1.04 bits per heavy atom. The van der Waals surface area contributed by atoms with Crippen LogP contribution in [0.5, 0.6) is 0 Å². The first-order valence-corrected chi connectivity index (χ1v) is 8.78. The third-order valence-corrected chi connectivity index (χ3v) is 4.66. The zero-order valence-corrected chi connectivity index (χ0v) is 14.2. The van der Waals surface area contributed by atoms with Crippen LogP contribution in [0.3, 0.4) is 0 Å². The zero-order valence-electron chi connectivity index (χ0n) is 14.2. The highest BCUT2D eigenvalue weighted by Gasteiger charge is 2.30. The molecule has 1 saturated heterocycles. The van der Waals surface area contributed by atoms with Gasteiger partial charge in [0.15, 0.2) is 0 Å². The lowest BCUT2D eigenvalue weighted by atomic mass is 10.2. The van der Waals surface area contributed by atoms with Gasteiger partial charge in [-0.2, -0.15) is 0 Å². The van der Waals surface area contributed by atoms with E-state index in [1.165, 1.54) is 16.9 Å². The van der Waals surface area contributed by atoms with E-state index in [0.717, 1.165) is 13.1 Å². The Labute approximate surface area is 149 Å². The summed E-state index contributed by atoms with van der Waals surface area (Å²) in [6.07, 6.45) is 4.74. The van der Waals surface area contributed by atoms with Crippen molar-refractivity contribution in [2.24, 2.45) is 0 Å². The van der Waals surface area contributed by atoms with Gasteiger partial charge in [0.2, 0.25) is 0 Å². The van der Waals surface area contributed by atoms with Crippen LogP contribution in [0.25, 0.3) is 6.08 Å². The molecule has 1 aliphatic heterocycles. The average molecular weight is 326 g/mol. The Kier molecular flexibility index (Phi) is 4.51. The maximum atomic E-state index is 2.46. The van der Waals surface area contributed by atoms with Gasteiger partial charge in [0.1, 0.15) is 6.17 Å². The highest BCUT2D eigenvalue weighted by molar-refractivity contribution is 5.61. The molecule has 25 heavy (non-hydrogen) atoms. The van der Waals surface area contributed by atoms with Gasteiger partial charge < -0.3 is 9.80 Å². The molecule has 124 valence electrons. The predicted octanol–water partition coefficient (Wildman–Crippen LogP) is 5.05. The molecule has 1 heterocycles. The number of hydrogen-bond acceptors (Lipinski definition) is 2. The second-order valence-corrected chi connectivity index (χ2v) is 6.24. The lowest BCUT2D eigenvalue weighted by Gasteiger charge is -2.30. The summed E-state index contributed by atoms with van der Waals surface area (Å²) in [4.78, 5) is 4.93. The number of benzene rings is 3. The van der Waals surface area contributed by atoms with Crippen LogP contribution in [0.15, 0.2) is 97.1 Å². The van der Waals surface area contributed by atoms with Crippen molar-refractivity contribution in [1.29, 1.82) is 0 Å². The minimum Gasteiger partial charge on any atom is -0.346 e. The number of hydrogen-bond donors (Lipinski definition) is 0. The minimum absolute atomic E-state index is 0.213. The van der Waals surface area contributed by atoms with Crippen LogP contribution in [0.2, 0.25) is 0 Å². The molecule has 1 aliphatic rings. The fourth-order valence-corrected chi connectivity index (χ4v) is 3.42. The molecule has 0 bridgehead atoms. The Balaban J connectivity index is 1.67. The summed E-state index contributed by atoms with van der Waals surface area (Å²) in [5.41, 5.74) is 3.77. The largest absolute Gasteiger partial charge is 0.346 e. The van der Waals surface area contributed by atoms with E-state index in [1.54, 1.807) is 0 Å². The third kappa shape index (κ3) is 3.43. The van der Waals surface area contributed by atoms with Gasteiger partial charge in [-0.1, -0.05) is 72.8 Å². The summed E-state index contributed by atoms with van der Waals surface area (Å²) in [6.45, 7) is 2.03. The predicted molar refractivity (Wildman–Crippen MR) is 107 cm³/mol. The van der Waals surface area contributed by atoms with E-state index in [2.05, 4.69) is 113 Å². The molecule has 3 aromatic carbocycles. The van der Waals surface area contributed by atoms with E-state index < -0.39 is 0 Å². The molecule has 1 fully saturated rings. The van der Waals surface area contributed by atoms with E-state index >= 15 is 0 Å². The molecule has 0 radical (unpaired) electrons. The second-order valence-electron chi connectivity index (χ2n) is 6.24.